The van der Waals surface area contributed by atoms with Crippen molar-refractivity contribution in [1.82, 2.24) is 0 Å². The summed E-state index contributed by atoms with van der Waals surface area (Å²) in [5.74, 6) is 0.0202. The van der Waals surface area contributed by atoms with Crippen molar-refractivity contribution in [3.8, 4) is 5.75 Å². The van der Waals surface area contributed by atoms with Crippen molar-refractivity contribution in [1.29, 1.82) is 0 Å². The predicted molar refractivity (Wildman–Crippen MR) is 133 cm³/mol. The molecule has 1 N–H and O–H groups in total. The van der Waals surface area contributed by atoms with Gasteiger partial charge in [0.05, 0.1) is 11.7 Å². The first-order valence-corrected chi connectivity index (χ1v) is 12.4. The minimum atomic E-state index is -6.00. The average Bonchev–Trinajstić information content (AvgIpc) is 2.84. The lowest BCUT2D eigenvalue weighted by Gasteiger charge is -2.28. The van der Waals surface area contributed by atoms with E-state index in [9.17, 15) is 27.2 Å². The summed E-state index contributed by atoms with van der Waals surface area (Å²) in [6.07, 6.45) is 1.48. The second-order valence-corrected chi connectivity index (χ2v) is 11.0. The van der Waals surface area contributed by atoms with Gasteiger partial charge in [-0.2, -0.15) is 0 Å². The van der Waals surface area contributed by atoms with Crippen molar-refractivity contribution in [2.75, 3.05) is 0 Å². The first-order chi connectivity index (χ1) is 16.2. The molecule has 174 valence electrons. The molecule has 0 saturated heterocycles. The standard InChI is InChI=1S/C26H21O2P.BF4/c27-19-22-18-21(16-17-26(22)28)20-29(23-10-4-1-5-11-23,24-12-6-2-7-13-24)25-14-8-3-9-15-25;2-1(3,4)5/h1-19H,20H2;/q;-1/p+1. The van der Waals surface area contributed by atoms with Crippen LogP contribution >= 0.6 is 7.26 Å². The van der Waals surface area contributed by atoms with Crippen LogP contribution in [0.5, 0.6) is 5.75 Å². The summed E-state index contributed by atoms with van der Waals surface area (Å²) >= 11 is 0. The Hall–Kier alpha value is -3.44. The first kappa shape index (κ1) is 25.2. The summed E-state index contributed by atoms with van der Waals surface area (Å²) in [5.41, 5.74) is 1.37. The maximum Gasteiger partial charge on any atom is 0.673 e. The summed E-state index contributed by atoms with van der Waals surface area (Å²) in [4.78, 5) is 11.4. The van der Waals surface area contributed by atoms with E-state index in [0.29, 0.717) is 11.8 Å². The number of phenols is 1. The second kappa shape index (κ2) is 11.1. The van der Waals surface area contributed by atoms with Crippen molar-refractivity contribution < 1.29 is 27.2 Å². The molecule has 0 atom stereocenters. The summed E-state index contributed by atoms with van der Waals surface area (Å²) in [6.45, 7) is 0. The molecule has 0 fully saturated rings. The predicted octanol–water partition coefficient (Wildman–Crippen LogP) is 6.00. The molecule has 0 bridgehead atoms. The highest BCUT2D eigenvalue weighted by atomic mass is 31.2. The molecule has 0 amide bonds. The molecule has 0 aliphatic rings. The van der Waals surface area contributed by atoms with Gasteiger partial charge < -0.3 is 22.4 Å². The molecule has 2 nitrogen and oxygen atoms in total. The van der Waals surface area contributed by atoms with Gasteiger partial charge >= 0.3 is 7.25 Å². The third kappa shape index (κ3) is 6.33. The Balaban J connectivity index is 0.000000588. The Morgan fingerprint density at radius 2 is 1.06 bits per heavy atom. The molecular weight excluding hydrogens is 462 g/mol. The summed E-state index contributed by atoms with van der Waals surface area (Å²) in [7, 11) is -8.02. The maximum absolute atomic E-state index is 11.4. The fourth-order valence-electron chi connectivity index (χ4n) is 3.84. The molecule has 4 rings (SSSR count). The Labute approximate surface area is 196 Å². The third-order valence-electron chi connectivity index (χ3n) is 5.23. The number of aromatic hydroxyl groups is 1. The lowest BCUT2D eigenvalue weighted by atomic mass is 10.1. The van der Waals surface area contributed by atoms with E-state index in [0.717, 1.165) is 11.7 Å². The number of carbonyl (C=O) groups is 1. The van der Waals surface area contributed by atoms with Crippen LogP contribution in [-0.2, 0) is 6.16 Å². The highest BCUT2D eigenvalue weighted by Crippen LogP contribution is 2.58. The zero-order chi connectivity index (χ0) is 24.6. The van der Waals surface area contributed by atoms with Crippen LogP contribution < -0.4 is 15.9 Å². The number of halogens is 4. The highest BCUT2D eigenvalue weighted by molar-refractivity contribution is 7.95. The molecule has 0 unspecified atom stereocenters. The lowest BCUT2D eigenvalue weighted by molar-refractivity contribution is 0.112. The Bertz CT molecular complexity index is 1100. The first-order valence-electron chi connectivity index (χ1n) is 10.4. The zero-order valence-electron chi connectivity index (χ0n) is 18.1. The number of hydrogen-bond acceptors (Lipinski definition) is 2. The Kier molecular flexibility index (Phi) is 8.24. The number of carbonyl (C=O) groups excluding carboxylic acids is 1. The van der Waals surface area contributed by atoms with Gasteiger partial charge in [0.2, 0.25) is 0 Å². The molecular formula is C26H22BF4O2P. The van der Waals surface area contributed by atoms with Gasteiger partial charge in [-0.15, -0.1) is 0 Å². The minimum Gasteiger partial charge on any atom is -0.507 e. The number of phenolic OH excluding ortho intramolecular Hbond substituents is 1. The van der Waals surface area contributed by atoms with Crippen LogP contribution in [0.15, 0.2) is 109 Å². The lowest BCUT2D eigenvalue weighted by Crippen LogP contribution is -2.32. The molecule has 0 aliphatic heterocycles. The van der Waals surface area contributed by atoms with Crippen LogP contribution in [0.2, 0.25) is 0 Å². The van der Waals surface area contributed by atoms with Crippen molar-refractivity contribution in [3.05, 3.63) is 120 Å². The van der Waals surface area contributed by atoms with E-state index in [2.05, 4.69) is 72.8 Å². The molecule has 0 radical (unpaired) electrons. The van der Waals surface area contributed by atoms with Gasteiger partial charge in [0, 0.05) is 0 Å². The smallest absolute Gasteiger partial charge is 0.507 e. The molecule has 8 heteroatoms. The van der Waals surface area contributed by atoms with Crippen LogP contribution in [0.3, 0.4) is 0 Å². The van der Waals surface area contributed by atoms with E-state index < -0.39 is 14.5 Å². The van der Waals surface area contributed by atoms with E-state index in [1.54, 1.807) is 6.07 Å². The van der Waals surface area contributed by atoms with E-state index in [1.165, 1.54) is 15.9 Å². The van der Waals surface area contributed by atoms with E-state index in [-0.39, 0.29) is 5.75 Å². The van der Waals surface area contributed by atoms with E-state index >= 15 is 0 Å². The molecule has 0 aromatic heterocycles. The zero-order valence-corrected chi connectivity index (χ0v) is 19.0. The van der Waals surface area contributed by atoms with Crippen molar-refractivity contribution in [2.24, 2.45) is 0 Å². The highest BCUT2D eigenvalue weighted by Gasteiger charge is 2.45. The summed E-state index contributed by atoms with van der Waals surface area (Å²) in [5, 5.41) is 13.8. The van der Waals surface area contributed by atoms with Gasteiger partial charge in [0.25, 0.3) is 0 Å². The third-order valence-corrected chi connectivity index (χ3v) is 9.61. The number of hydrogen-bond donors (Lipinski definition) is 1. The van der Waals surface area contributed by atoms with Gasteiger partial charge in [0.1, 0.15) is 28.9 Å². The normalized spacial score (nSPS) is 11.3. The fourth-order valence-corrected chi connectivity index (χ4v) is 8.07. The van der Waals surface area contributed by atoms with Gasteiger partial charge in [-0.1, -0.05) is 60.7 Å². The monoisotopic (exact) mass is 484 g/mol. The molecule has 34 heavy (non-hydrogen) atoms. The summed E-state index contributed by atoms with van der Waals surface area (Å²) < 4.78 is 39.0. The molecule has 4 aromatic rings. The van der Waals surface area contributed by atoms with Gasteiger partial charge in [0.15, 0.2) is 6.29 Å². The fraction of sp³-hybridized carbons (Fsp3) is 0.0385. The van der Waals surface area contributed by atoms with Crippen LogP contribution in [0.4, 0.5) is 17.3 Å². The van der Waals surface area contributed by atoms with Crippen molar-refractivity contribution in [3.63, 3.8) is 0 Å². The van der Waals surface area contributed by atoms with Gasteiger partial charge in [-0.05, 0) is 54.1 Å². The van der Waals surface area contributed by atoms with Gasteiger partial charge in [-0.3, -0.25) is 4.79 Å². The molecule has 0 aliphatic carbocycles. The van der Waals surface area contributed by atoms with Crippen molar-refractivity contribution in [2.45, 2.75) is 6.16 Å². The quantitative estimate of drug-likeness (QED) is 0.158. The maximum atomic E-state index is 11.4. The Morgan fingerprint density at radius 3 is 1.41 bits per heavy atom. The number of benzene rings is 4. The molecule has 0 saturated carbocycles. The number of rotatable bonds is 6. The minimum absolute atomic E-state index is 0.0202. The topological polar surface area (TPSA) is 37.3 Å². The van der Waals surface area contributed by atoms with Crippen LogP contribution in [0.25, 0.3) is 0 Å². The molecule has 0 spiro atoms. The van der Waals surface area contributed by atoms with Gasteiger partial charge in [-0.25, -0.2) is 0 Å². The van der Waals surface area contributed by atoms with Crippen LogP contribution in [0, 0.1) is 0 Å². The largest absolute Gasteiger partial charge is 0.673 e. The van der Waals surface area contributed by atoms with Crippen LogP contribution in [-0.4, -0.2) is 18.6 Å². The molecule has 4 aromatic carbocycles. The summed E-state index contributed by atoms with van der Waals surface area (Å²) in [6, 6.07) is 37.2. The Morgan fingerprint density at radius 1 is 0.676 bits per heavy atom. The second-order valence-electron chi connectivity index (χ2n) is 7.48. The SMILES string of the molecule is F[B-](F)(F)F.O=Cc1cc(C[P+](c2ccccc2)(c2ccccc2)c2ccccc2)ccc1O. The molecule has 0 heterocycles. The van der Waals surface area contributed by atoms with Crippen molar-refractivity contribution >= 4 is 36.7 Å². The van der Waals surface area contributed by atoms with E-state index in [1.807, 2.05) is 30.3 Å². The van der Waals surface area contributed by atoms with E-state index in [4.69, 9.17) is 0 Å². The number of aldehydes is 1. The van der Waals surface area contributed by atoms with Crippen LogP contribution in [0.1, 0.15) is 15.9 Å². The average molecular weight is 484 g/mol.